The molecule has 0 atom stereocenters. The van der Waals surface area contributed by atoms with Gasteiger partial charge in [-0.15, -0.1) is 0 Å². The van der Waals surface area contributed by atoms with E-state index in [1.807, 2.05) is 18.2 Å². The Kier molecular flexibility index (Phi) is 5.86. The van der Waals surface area contributed by atoms with Gasteiger partial charge in [0.05, 0.1) is 11.6 Å². The Hall–Kier alpha value is -3.51. The molecule has 6 nitrogen and oxygen atoms in total. The van der Waals surface area contributed by atoms with Crippen molar-refractivity contribution in [1.82, 2.24) is 10.3 Å². The number of halogens is 1. The zero-order valence-corrected chi connectivity index (χ0v) is 16.8. The van der Waals surface area contributed by atoms with Gasteiger partial charge < -0.3 is 10.6 Å². The number of hydrogen-bond donors (Lipinski definition) is 2. The van der Waals surface area contributed by atoms with Crippen molar-refractivity contribution in [1.29, 1.82) is 0 Å². The second-order valence-corrected chi connectivity index (χ2v) is 7.24. The van der Waals surface area contributed by atoms with Crippen molar-refractivity contribution in [2.45, 2.75) is 6.42 Å². The number of nitrogens with zero attached hydrogens (tertiary/aromatic N) is 2. The first-order valence-corrected chi connectivity index (χ1v) is 9.91. The van der Waals surface area contributed by atoms with E-state index in [1.165, 1.54) is 6.20 Å². The molecule has 3 aromatic rings. The van der Waals surface area contributed by atoms with Crippen LogP contribution < -0.4 is 10.6 Å². The highest BCUT2D eigenvalue weighted by molar-refractivity contribution is 6.30. The van der Waals surface area contributed by atoms with E-state index in [4.69, 9.17) is 11.6 Å². The predicted molar refractivity (Wildman–Crippen MR) is 118 cm³/mol. The molecule has 0 unspecified atom stereocenters. The van der Waals surface area contributed by atoms with Crippen LogP contribution in [0.4, 0.5) is 5.82 Å². The summed E-state index contributed by atoms with van der Waals surface area (Å²) in [6.07, 6.45) is 1.58. The molecule has 1 amide bonds. The Morgan fingerprint density at radius 1 is 1.03 bits per heavy atom. The summed E-state index contributed by atoms with van der Waals surface area (Å²) in [5.74, 6) is 0.859. The van der Waals surface area contributed by atoms with Crippen LogP contribution in [-0.4, -0.2) is 35.6 Å². The molecule has 2 heterocycles. The lowest BCUT2D eigenvalue weighted by atomic mass is 9.97. The summed E-state index contributed by atoms with van der Waals surface area (Å²) in [7, 11) is 0. The van der Waals surface area contributed by atoms with Crippen molar-refractivity contribution >= 4 is 34.9 Å². The molecule has 0 saturated heterocycles. The first-order chi connectivity index (χ1) is 14.6. The normalized spacial score (nSPS) is 12.8. The number of carbonyl (C=O) groups is 2. The molecule has 1 aromatic heterocycles. The van der Waals surface area contributed by atoms with Crippen LogP contribution in [0.1, 0.15) is 31.8 Å². The van der Waals surface area contributed by atoms with Crippen molar-refractivity contribution in [2.24, 2.45) is 4.99 Å². The smallest absolute Gasteiger partial charge is 0.257 e. The number of aliphatic imine (C=N–C) groups is 1. The predicted octanol–water partition coefficient (Wildman–Crippen LogP) is 3.76. The summed E-state index contributed by atoms with van der Waals surface area (Å²) in [4.78, 5) is 34.0. The third kappa shape index (κ3) is 4.55. The highest BCUT2D eigenvalue weighted by Gasteiger charge is 2.16. The van der Waals surface area contributed by atoms with Gasteiger partial charge in [-0.1, -0.05) is 54.1 Å². The summed E-state index contributed by atoms with van der Waals surface area (Å²) in [5.41, 5.74) is 2.63. The van der Waals surface area contributed by atoms with Crippen LogP contribution in [0.15, 0.2) is 71.9 Å². The Bertz CT molecular complexity index is 1110. The minimum Gasteiger partial charge on any atom is -0.368 e. The van der Waals surface area contributed by atoms with Crippen LogP contribution in [0.3, 0.4) is 0 Å². The highest BCUT2D eigenvalue weighted by atomic mass is 35.5. The molecule has 0 saturated carbocycles. The largest absolute Gasteiger partial charge is 0.368 e. The maximum Gasteiger partial charge on any atom is 0.257 e. The quantitative estimate of drug-likeness (QED) is 0.597. The number of amidine groups is 1. The number of nitrogens with one attached hydrogen (secondary N) is 2. The third-order valence-corrected chi connectivity index (χ3v) is 4.96. The third-order valence-electron chi connectivity index (χ3n) is 4.74. The number of ketones is 1. The van der Waals surface area contributed by atoms with Gasteiger partial charge >= 0.3 is 0 Å². The first kappa shape index (κ1) is 19.8. The zero-order chi connectivity index (χ0) is 20.9. The number of hydrogen-bond acceptors (Lipinski definition) is 5. The molecule has 30 heavy (non-hydrogen) atoms. The maximum absolute atomic E-state index is 12.8. The fourth-order valence-electron chi connectivity index (χ4n) is 3.21. The molecular formula is C23H19ClN4O2. The summed E-state index contributed by atoms with van der Waals surface area (Å²) in [6.45, 7) is 1.60. The van der Waals surface area contributed by atoms with Crippen molar-refractivity contribution in [3.05, 3.63) is 94.1 Å². The zero-order valence-electron chi connectivity index (χ0n) is 16.1. The minimum atomic E-state index is -0.325. The summed E-state index contributed by atoms with van der Waals surface area (Å²) >= 11 is 5.83. The topological polar surface area (TPSA) is 83.5 Å². The van der Waals surface area contributed by atoms with Crippen molar-refractivity contribution in [3.8, 4) is 0 Å². The number of anilines is 1. The van der Waals surface area contributed by atoms with Gasteiger partial charge in [-0.05, 0) is 23.8 Å². The Morgan fingerprint density at radius 2 is 1.83 bits per heavy atom. The number of benzene rings is 2. The van der Waals surface area contributed by atoms with E-state index < -0.39 is 0 Å². The van der Waals surface area contributed by atoms with Gasteiger partial charge in [0.2, 0.25) is 0 Å². The number of Topliss-reactive ketones (excluding diaryl/α,β-unsaturated/α-hetero) is 1. The molecular weight excluding hydrogens is 400 g/mol. The average molecular weight is 419 g/mol. The van der Waals surface area contributed by atoms with E-state index in [1.54, 1.807) is 42.5 Å². The number of rotatable bonds is 6. The van der Waals surface area contributed by atoms with Gasteiger partial charge in [0.1, 0.15) is 11.7 Å². The monoisotopic (exact) mass is 418 g/mol. The molecule has 1 aliphatic rings. The number of aromatic nitrogens is 1. The van der Waals surface area contributed by atoms with Crippen LogP contribution in [0.5, 0.6) is 0 Å². The van der Waals surface area contributed by atoms with Crippen molar-refractivity contribution in [2.75, 3.05) is 18.4 Å². The molecule has 0 aliphatic carbocycles. The first-order valence-electron chi connectivity index (χ1n) is 9.53. The second-order valence-electron chi connectivity index (χ2n) is 6.81. The molecule has 0 radical (unpaired) electrons. The van der Waals surface area contributed by atoms with E-state index in [9.17, 15) is 9.59 Å². The van der Waals surface area contributed by atoms with Crippen LogP contribution in [0.25, 0.3) is 0 Å². The maximum atomic E-state index is 12.8. The molecule has 1 aliphatic heterocycles. The van der Waals surface area contributed by atoms with Gasteiger partial charge in [0.25, 0.3) is 5.91 Å². The van der Waals surface area contributed by atoms with Crippen molar-refractivity contribution in [3.63, 3.8) is 0 Å². The summed E-state index contributed by atoms with van der Waals surface area (Å²) < 4.78 is 0. The fourth-order valence-corrected chi connectivity index (χ4v) is 3.32. The molecule has 150 valence electrons. The Labute approximate surface area is 179 Å². The molecule has 2 N–H and O–H groups in total. The van der Waals surface area contributed by atoms with Crippen LogP contribution >= 0.6 is 11.6 Å². The lowest BCUT2D eigenvalue weighted by Gasteiger charge is -2.10. The SMILES string of the molecule is O=C(Cc1ccccc1C(=O)Nc1ccc(Cl)cn1)c1ccc(C2=NCCN2)cc1. The van der Waals surface area contributed by atoms with E-state index in [0.29, 0.717) is 27.5 Å². The number of amides is 1. The van der Waals surface area contributed by atoms with Gasteiger partial charge in [-0.2, -0.15) is 0 Å². The van der Waals surface area contributed by atoms with Crippen LogP contribution in [-0.2, 0) is 6.42 Å². The Balaban J connectivity index is 1.48. The highest BCUT2D eigenvalue weighted by Crippen LogP contribution is 2.16. The van der Waals surface area contributed by atoms with Gasteiger partial charge in [-0.3, -0.25) is 14.6 Å². The van der Waals surface area contributed by atoms with Gasteiger partial charge in [0.15, 0.2) is 5.78 Å². The minimum absolute atomic E-state index is 0.0623. The van der Waals surface area contributed by atoms with Gasteiger partial charge in [-0.25, -0.2) is 4.98 Å². The van der Waals surface area contributed by atoms with E-state index in [-0.39, 0.29) is 18.1 Å². The standard InChI is InChI=1S/C23H19ClN4O2/c24-18-9-10-21(27-14-18)28-23(30)19-4-2-1-3-17(19)13-20(29)15-5-7-16(8-6-15)22-25-11-12-26-22/h1-10,14H,11-13H2,(H,25,26)(H,27,28,30). The lowest BCUT2D eigenvalue weighted by Crippen LogP contribution is -2.19. The van der Waals surface area contributed by atoms with E-state index >= 15 is 0 Å². The molecule has 7 heteroatoms. The van der Waals surface area contributed by atoms with Gasteiger partial charge in [0, 0.05) is 35.9 Å². The van der Waals surface area contributed by atoms with Crippen molar-refractivity contribution < 1.29 is 9.59 Å². The number of carbonyl (C=O) groups excluding carboxylic acids is 2. The van der Waals surface area contributed by atoms with E-state index in [2.05, 4.69) is 20.6 Å². The Morgan fingerprint density at radius 3 is 2.53 bits per heavy atom. The molecule has 0 fully saturated rings. The second kappa shape index (κ2) is 8.88. The van der Waals surface area contributed by atoms with Crippen LogP contribution in [0, 0.1) is 0 Å². The van der Waals surface area contributed by atoms with E-state index in [0.717, 1.165) is 24.5 Å². The molecule has 0 spiro atoms. The lowest BCUT2D eigenvalue weighted by molar-refractivity contribution is 0.0992. The fraction of sp³-hybridized carbons (Fsp3) is 0.130. The number of pyridine rings is 1. The molecule has 0 bridgehead atoms. The van der Waals surface area contributed by atoms with Crippen LogP contribution in [0.2, 0.25) is 5.02 Å². The molecule has 4 rings (SSSR count). The average Bonchev–Trinajstić information content (AvgIpc) is 3.31. The molecule has 2 aromatic carbocycles. The summed E-state index contributed by atoms with van der Waals surface area (Å²) in [5, 5.41) is 6.44. The summed E-state index contributed by atoms with van der Waals surface area (Å²) in [6, 6.07) is 17.7.